The summed E-state index contributed by atoms with van der Waals surface area (Å²) < 4.78 is 2.19. The minimum Gasteiger partial charge on any atom is -0.352 e. The minimum absolute atomic E-state index is 0.251. The normalized spacial score (nSPS) is 15.3. The van der Waals surface area contributed by atoms with Gasteiger partial charge in [-0.25, -0.2) is 9.97 Å². The molecule has 7 nitrogen and oxygen atoms in total. The van der Waals surface area contributed by atoms with Crippen LogP contribution in [0.4, 0.5) is 17.6 Å². The zero-order chi connectivity index (χ0) is 19.7. The molecule has 148 valence electrons. The molecule has 0 unspecified atom stereocenters. The van der Waals surface area contributed by atoms with Crippen LogP contribution >= 0.6 is 23.2 Å². The van der Waals surface area contributed by atoms with E-state index in [1.807, 2.05) is 6.07 Å². The molecule has 0 aliphatic carbocycles. The Balaban J connectivity index is 1.78. The summed E-state index contributed by atoms with van der Waals surface area (Å²) in [5.41, 5.74) is 2.41. The number of hydrogen-bond acceptors (Lipinski definition) is 6. The zero-order valence-corrected chi connectivity index (χ0v) is 17.3. The smallest absolute Gasteiger partial charge is 0.224 e. The van der Waals surface area contributed by atoms with Crippen molar-refractivity contribution < 1.29 is 0 Å². The molecule has 1 fully saturated rings. The first-order chi connectivity index (χ1) is 13.5. The highest BCUT2D eigenvalue weighted by molar-refractivity contribution is 6.42. The molecule has 2 aromatic heterocycles. The molecule has 0 atom stereocenters. The summed E-state index contributed by atoms with van der Waals surface area (Å²) >= 11 is 12.2. The van der Waals surface area contributed by atoms with Gasteiger partial charge in [0, 0.05) is 17.8 Å². The second kappa shape index (κ2) is 8.11. The standard InChI is InChI=1S/C19H23Cl2N7/c1-11(2)24-18-23-10-16-17(27-18)28(13-5-7-22-8-6-13)19(26-16)25-12-3-4-14(20)15(21)9-12/h3-4,9-11,13,22H,5-8H2,1-2H3,(H,25,26)(H,23,24,27). The number of piperidine rings is 1. The Kier molecular flexibility index (Phi) is 5.57. The molecular formula is C19H23Cl2N7. The molecule has 0 amide bonds. The Morgan fingerprint density at radius 1 is 1.14 bits per heavy atom. The maximum Gasteiger partial charge on any atom is 0.224 e. The summed E-state index contributed by atoms with van der Waals surface area (Å²) in [5.74, 6) is 1.34. The van der Waals surface area contributed by atoms with Gasteiger partial charge in [0.1, 0.15) is 5.52 Å². The maximum absolute atomic E-state index is 6.18. The van der Waals surface area contributed by atoms with Gasteiger partial charge in [-0.05, 0) is 58.0 Å². The molecule has 1 aliphatic rings. The summed E-state index contributed by atoms with van der Waals surface area (Å²) in [6, 6.07) is 6.01. The fraction of sp³-hybridized carbons (Fsp3) is 0.421. The number of nitrogens with one attached hydrogen (secondary N) is 3. The van der Waals surface area contributed by atoms with E-state index in [0.29, 0.717) is 22.0 Å². The van der Waals surface area contributed by atoms with Gasteiger partial charge in [-0.1, -0.05) is 23.2 Å². The molecule has 1 aliphatic heterocycles. The van der Waals surface area contributed by atoms with Gasteiger partial charge in [0.15, 0.2) is 5.65 Å². The number of anilines is 3. The summed E-state index contributed by atoms with van der Waals surface area (Å²) in [7, 11) is 0. The van der Waals surface area contributed by atoms with Crippen LogP contribution in [0.3, 0.4) is 0 Å². The third-order valence-corrected chi connectivity index (χ3v) is 5.44. The molecule has 3 N–H and O–H groups in total. The quantitative estimate of drug-likeness (QED) is 0.559. The SMILES string of the molecule is CC(C)Nc1ncc2nc(Nc3ccc(Cl)c(Cl)c3)n(C3CCNCC3)c2n1. The molecule has 1 aromatic carbocycles. The lowest BCUT2D eigenvalue weighted by Crippen LogP contribution is -2.30. The van der Waals surface area contributed by atoms with E-state index >= 15 is 0 Å². The van der Waals surface area contributed by atoms with Gasteiger partial charge >= 0.3 is 0 Å². The summed E-state index contributed by atoms with van der Waals surface area (Å²) in [6.07, 6.45) is 3.79. The average molecular weight is 420 g/mol. The van der Waals surface area contributed by atoms with Crippen molar-refractivity contribution in [1.29, 1.82) is 0 Å². The third kappa shape index (κ3) is 4.01. The number of nitrogens with zero attached hydrogens (tertiary/aromatic N) is 4. The summed E-state index contributed by atoms with van der Waals surface area (Å²) in [6.45, 7) is 6.07. The van der Waals surface area contributed by atoms with Crippen molar-refractivity contribution >= 4 is 51.9 Å². The maximum atomic E-state index is 6.18. The zero-order valence-electron chi connectivity index (χ0n) is 15.8. The van der Waals surface area contributed by atoms with Gasteiger partial charge in [-0.15, -0.1) is 0 Å². The highest BCUT2D eigenvalue weighted by Crippen LogP contribution is 2.32. The van der Waals surface area contributed by atoms with E-state index in [0.717, 1.165) is 48.7 Å². The second-order valence-electron chi connectivity index (χ2n) is 7.24. The average Bonchev–Trinajstić information content (AvgIpc) is 3.02. The molecule has 4 rings (SSSR count). The van der Waals surface area contributed by atoms with Crippen molar-refractivity contribution in [3.05, 3.63) is 34.4 Å². The first-order valence-electron chi connectivity index (χ1n) is 9.45. The first kappa shape index (κ1) is 19.2. The fourth-order valence-electron chi connectivity index (χ4n) is 3.42. The molecule has 28 heavy (non-hydrogen) atoms. The largest absolute Gasteiger partial charge is 0.352 e. The van der Waals surface area contributed by atoms with Gasteiger partial charge in [-0.2, -0.15) is 4.98 Å². The number of imidazole rings is 1. The lowest BCUT2D eigenvalue weighted by atomic mass is 10.1. The van der Waals surface area contributed by atoms with Gasteiger partial charge in [0.05, 0.1) is 16.2 Å². The molecular weight excluding hydrogens is 397 g/mol. The molecule has 3 aromatic rings. The number of hydrogen-bond donors (Lipinski definition) is 3. The number of fused-ring (bicyclic) bond motifs is 1. The molecule has 9 heteroatoms. The number of benzene rings is 1. The van der Waals surface area contributed by atoms with Crippen LogP contribution in [-0.2, 0) is 0 Å². The molecule has 1 saturated heterocycles. The van der Waals surface area contributed by atoms with E-state index < -0.39 is 0 Å². The van der Waals surface area contributed by atoms with Crippen LogP contribution in [0.25, 0.3) is 11.2 Å². The second-order valence-corrected chi connectivity index (χ2v) is 8.06. The lowest BCUT2D eigenvalue weighted by molar-refractivity contribution is 0.377. The van der Waals surface area contributed by atoms with Crippen molar-refractivity contribution in [2.75, 3.05) is 23.7 Å². The Bertz CT molecular complexity index is 980. The van der Waals surface area contributed by atoms with Crippen molar-refractivity contribution in [2.24, 2.45) is 0 Å². The topological polar surface area (TPSA) is 79.7 Å². The van der Waals surface area contributed by atoms with E-state index in [-0.39, 0.29) is 6.04 Å². The predicted octanol–water partition coefficient (Wildman–Crippen LogP) is 4.62. The van der Waals surface area contributed by atoms with Gasteiger partial charge in [0.25, 0.3) is 0 Å². The van der Waals surface area contributed by atoms with Crippen LogP contribution in [0.2, 0.25) is 10.0 Å². The number of halogens is 2. The van der Waals surface area contributed by atoms with Gasteiger partial charge in [0.2, 0.25) is 11.9 Å². The Hall–Kier alpha value is -2.09. The van der Waals surface area contributed by atoms with E-state index in [9.17, 15) is 0 Å². The fourth-order valence-corrected chi connectivity index (χ4v) is 3.72. The van der Waals surface area contributed by atoms with E-state index in [2.05, 4.69) is 39.3 Å². The Labute approximate surface area is 173 Å². The highest BCUT2D eigenvalue weighted by atomic mass is 35.5. The van der Waals surface area contributed by atoms with Crippen molar-refractivity contribution in [1.82, 2.24) is 24.8 Å². The van der Waals surface area contributed by atoms with E-state index in [1.165, 1.54) is 0 Å². The monoisotopic (exact) mass is 419 g/mol. The van der Waals surface area contributed by atoms with Crippen LogP contribution in [-0.4, -0.2) is 38.7 Å². The van der Waals surface area contributed by atoms with Crippen LogP contribution in [0.5, 0.6) is 0 Å². The highest BCUT2D eigenvalue weighted by Gasteiger charge is 2.23. The Morgan fingerprint density at radius 3 is 2.64 bits per heavy atom. The third-order valence-electron chi connectivity index (χ3n) is 4.70. The molecule has 3 heterocycles. The Morgan fingerprint density at radius 2 is 1.93 bits per heavy atom. The minimum atomic E-state index is 0.251. The molecule has 0 bridgehead atoms. The molecule has 0 radical (unpaired) electrons. The van der Waals surface area contributed by atoms with Crippen molar-refractivity contribution in [2.45, 2.75) is 38.8 Å². The van der Waals surface area contributed by atoms with Crippen molar-refractivity contribution in [3.63, 3.8) is 0 Å². The van der Waals surface area contributed by atoms with Crippen molar-refractivity contribution in [3.8, 4) is 0 Å². The number of aromatic nitrogens is 4. The van der Waals surface area contributed by atoms with E-state index in [4.69, 9.17) is 33.2 Å². The molecule has 0 saturated carbocycles. The molecule has 0 spiro atoms. The summed E-state index contributed by atoms with van der Waals surface area (Å²) in [4.78, 5) is 13.9. The van der Waals surface area contributed by atoms with Gasteiger partial charge < -0.3 is 16.0 Å². The van der Waals surface area contributed by atoms with Crippen LogP contribution in [0.1, 0.15) is 32.7 Å². The first-order valence-corrected chi connectivity index (χ1v) is 10.2. The van der Waals surface area contributed by atoms with Gasteiger partial charge in [-0.3, -0.25) is 4.57 Å². The van der Waals surface area contributed by atoms with Crippen LogP contribution in [0.15, 0.2) is 24.4 Å². The summed E-state index contributed by atoms with van der Waals surface area (Å²) in [5, 5.41) is 11.1. The van der Waals surface area contributed by atoms with E-state index in [1.54, 1.807) is 18.3 Å². The van der Waals surface area contributed by atoms with Crippen LogP contribution < -0.4 is 16.0 Å². The van der Waals surface area contributed by atoms with Crippen LogP contribution in [0, 0.1) is 0 Å². The lowest BCUT2D eigenvalue weighted by Gasteiger charge is -2.26. The number of rotatable bonds is 5. The predicted molar refractivity (Wildman–Crippen MR) is 115 cm³/mol.